The van der Waals surface area contributed by atoms with Crippen molar-refractivity contribution in [3.8, 4) is 5.75 Å². The zero-order chi connectivity index (χ0) is 25.0. The van der Waals surface area contributed by atoms with Crippen LogP contribution in [0.25, 0.3) is 0 Å². The average molecular weight is 469 g/mol. The number of benzene rings is 2. The number of rotatable bonds is 8. The van der Waals surface area contributed by atoms with Crippen LogP contribution in [0, 0.1) is 0 Å². The van der Waals surface area contributed by atoms with Gasteiger partial charge in [0.25, 0.3) is 5.91 Å². The van der Waals surface area contributed by atoms with Crippen LogP contribution in [0.1, 0.15) is 31.8 Å². The molecular formula is C22H28BN5O6. The van der Waals surface area contributed by atoms with E-state index in [9.17, 15) is 24.5 Å². The van der Waals surface area contributed by atoms with Crippen LogP contribution in [0.5, 0.6) is 5.75 Å². The normalized spacial score (nSPS) is 15.8. The summed E-state index contributed by atoms with van der Waals surface area (Å²) in [7, 11) is 2.30. The summed E-state index contributed by atoms with van der Waals surface area (Å²) in [6, 6.07) is 8.61. The number of carboxylic acid groups (broad SMARTS) is 1. The number of carbonyl (C=O) groups is 3. The minimum absolute atomic E-state index is 0.0281. The van der Waals surface area contributed by atoms with Crippen molar-refractivity contribution in [3.05, 3.63) is 58.7 Å². The molecule has 11 nitrogen and oxygen atoms in total. The molecule has 2 aromatic carbocycles. The van der Waals surface area contributed by atoms with Crippen molar-refractivity contribution in [2.24, 2.45) is 11.5 Å². The van der Waals surface area contributed by atoms with Crippen LogP contribution in [-0.2, 0) is 17.8 Å². The Balaban J connectivity index is 1.81. The summed E-state index contributed by atoms with van der Waals surface area (Å²) in [5, 5.41) is 25.2. The number of amides is 2. The van der Waals surface area contributed by atoms with Crippen molar-refractivity contribution >= 4 is 30.6 Å². The van der Waals surface area contributed by atoms with Crippen LogP contribution in [0.2, 0.25) is 0 Å². The Labute approximate surface area is 197 Å². The zero-order valence-electron chi connectivity index (χ0n) is 18.9. The summed E-state index contributed by atoms with van der Waals surface area (Å²) in [6.45, 7) is 0.479. The molecule has 1 heterocycles. The number of aromatic carboxylic acids is 1. The van der Waals surface area contributed by atoms with Gasteiger partial charge in [-0.2, -0.15) is 0 Å². The molecule has 1 aliphatic heterocycles. The number of nitrogens with one attached hydrogen (secondary N) is 2. The van der Waals surface area contributed by atoms with E-state index < -0.39 is 36.9 Å². The number of fused-ring (bicyclic) bond motifs is 1. The Kier molecular flexibility index (Phi) is 7.89. The third-order valence-corrected chi connectivity index (χ3v) is 5.37. The van der Waals surface area contributed by atoms with Crippen molar-refractivity contribution in [1.29, 1.82) is 0 Å². The molecule has 0 bridgehead atoms. The topological polar surface area (TPSA) is 180 Å². The number of anilines is 1. The third kappa shape index (κ3) is 5.72. The van der Waals surface area contributed by atoms with Gasteiger partial charge in [0.2, 0.25) is 5.91 Å². The maximum atomic E-state index is 13.0. The lowest BCUT2D eigenvalue weighted by atomic mass is 9.72. The number of para-hydroxylation sites is 1. The van der Waals surface area contributed by atoms with Crippen molar-refractivity contribution in [3.63, 3.8) is 0 Å². The van der Waals surface area contributed by atoms with Crippen molar-refractivity contribution in [2.75, 3.05) is 26.0 Å². The molecule has 0 saturated carbocycles. The molecule has 0 aliphatic carbocycles. The molecule has 2 atom stereocenters. The van der Waals surface area contributed by atoms with Gasteiger partial charge in [0.15, 0.2) is 0 Å². The van der Waals surface area contributed by atoms with Gasteiger partial charge >= 0.3 is 13.1 Å². The first-order chi connectivity index (χ1) is 16.1. The number of hydrogen-bond acceptors (Lipinski definition) is 8. The Morgan fingerprint density at radius 2 is 2.00 bits per heavy atom. The van der Waals surface area contributed by atoms with Gasteiger partial charge in [0, 0.05) is 24.3 Å². The largest absolute Gasteiger partial charge is 0.547 e. The van der Waals surface area contributed by atoms with Gasteiger partial charge in [0.05, 0.1) is 17.5 Å². The number of carboxylic acids is 1. The van der Waals surface area contributed by atoms with Crippen LogP contribution in [0.15, 0.2) is 36.4 Å². The number of carbonyl (C=O) groups excluding carboxylic acids is 2. The van der Waals surface area contributed by atoms with E-state index >= 15 is 0 Å². The summed E-state index contributed by atoms with van der Waals surface area (Å²) in [5.74, 6) is -2.87. The molecule has 2 aromatic rings. The van der Waals surface area contributed by atoms with E-state index in [1.54, 1.807) is 24.3 Å². The molecule has 2 amide bonds. The Hall–Kier alpha value is -3.45. The maximum absolute atomic E-state index is 13.0. The monoisotopic (exact) mass is 469 g/mol. The second-order valence-electron chi connectivity index (χ2n) is 8.33. The highest BCUT2D eigenvalue weighted by atomic mass is 16.5. The van der Waals surface area contributed by atoms with E-state index in [1.165, 1.54) is 12.1 Å². The summed E-state index contributed by atoms with van der Waals surface area (Å²) in [6.07, 6.45) is 0.178. The number of nitrogens with zero attached hydrogens (tertiary/aromatic N) is 1. The first-order valence-electron chi connectivity index (χ1n) is 10.7. The van der Waals surface area contributed by atoms with Crippen molar-refractivity contribution < 1.29 is 29.2 Å². The van der Waals surface area contributed by atoms with E-state index in [1.807, 2.05) is 19.0 Å². The quantitative estimate of drug-likeness (QED) is 0.276. The lowest BCUT2D eigenvalue weighted by Crippen LogP contribution is -2.53. The molecule has 0 fully saturated rings. The Morgan fingerprint density at radius 3 is 2.65 bits per heavy atom. The highest BCUT2D eigenvalue weighted by molar-refractivity contribution is 6.47. The summed E-state index contributed by atoms with van der Waals surface area (Å²) in [4.78, 5) is 38.6. The highest BCUT2D eigenvalue weighted by Gasteiger charge is 2.38. The van der Waals surface area contributed by atoms with Gasteiger partial charge in [-0.1, -0.05) is 18.2 Å². The first-order valence-corrected chi connectivity index (χ1v) is 10.7. The van der Waals surface area contributed by atoms with Gasteiger partial charge in [-0.25, -0.2) is 4.79 Å². The van der Waals surface area contributed by atoms with Crippen molar-refractivity contribution in [1.82, 2.24) is 10.2 Å². The summed E-state index contributed by atoms with van der Waals surface area (Å²) >= 11 is 0. The summed E-state index contributed by atoms with van der Waals surface area (Å²) < 4.78 is 5.42. The Bertz CT molecular complexity index is 1100. The van der Waals surface area contributed by atoms with Crippen LogP contribution in [0.4, 0.5) is 5.69 Å². The predicted octanol–water partition coefficient (Wildman–Crippen LogP) is -0.576. The first kappa shape index (κ1) is 25.2. The average Bonchev–Trinajstić information content (AvgIpc) is 2.79. The standard InChI is InChI=1S/C22H28BN5O6/c1-28(2)11-14-7-6-13(8-17(14)26-21(30)16(25)10-24)20(29)27-18-9-12-4-3-5-15(22(31)32)19(12)34-23(18)33/h3-8,16,18,33H,9-11,24-25H2,1-2H3,(H,26,30)(H,27,29)(H,31,32)/t16?,18-/m0/s1. The van der Waals surface area contributed by atoms with Crippen LogP contribution in [0.3, 0.4) is 0 Å². The minimum Gasteiger partial charge on any atom is -0.534 e. The molecule has 0 spiro atoms. The van der Waals surface area contributed by atoms with E-state index in [-0.39, 0.29) is 29.8 Å². The fourth-order valence-electron chi connectivity index (χ4n) is 3.61. The molecule has 12 heteroatoms. The lowest BCUT2D eigenvalue weighted by Gasteiger charge is -2.29. The SMILES string of the molecule is CN(C)Cc1ccc(C(=O)N[C@H]2Cc3cccc(C(=O)O)c3OB2O)cc1NC(=O)C(N)CN. The molecule has 8 N–H and O–H groups in total. The van der Waals surface area contributed by atoms with Crippen LogP contribution < -0.4 is 26.8 Å². The lowest BCUT2D eigenvalue weighted by molar-refractivity contribution is -0.117. The second-order valence-corrected chi connectivity index (χ2v) is 8.33. The molecule has 0 saturated heterocycles. The van der Waals surface area contributed by atoms with Crippen molar-refractivity contribution in [2.45, 2.75) is 24.9 Å². The third-order valence-electron chi connectivity index (χ3n) is 5.37. The second kappa shape index (κ2) is 10.7. The maximum Gasteiger partial charge on any atom is 0.547 e. The molecule has 1 unspecified atom stereocenters. The molecule has 180 valence electrons. The molecule has 0 aromatic heterocycles. The van der Waals surface area contributed by atoms with Gasteiger partial charge in [0.1, 0.15) is 5.75 Å². The fraction of sp³-hybridized carbons (Fsp3) is 0.318. The Morgan fingerprint density at radius 1 is 1.26 bits per heavy atom. The van der Waals surface area contributed by atoms with E-state index in [0.29, 0.717) is 17.8 Å². The van der Waals surface area contributed by atoms with E-state index in [2.05, 4.69) is 10.6 Å². The zero-order valence-corrected chi connectivity index (χ0v) is 18.9. The van der Waals surface area contributed by atoms with Crippen LogP contribution in [-0.4, -0.2) is 72.6 Å². The fourth-order valence-corrected chi connectivity index (χ4v) is 3.61. The van der Waals surface area contributed by atoms with Gasteiger partial charge in [-0.15, -0.1) is 0 Å². The highest BCUT2D eigenvalue weighted by Crippen LogP contribution is 2.30. The van der Waals surface area contributed by atoms with E-state index in [0.717, 1.165) is 5.56 Å². The minimum atomic E-state index is -1.44. The van der Waals surface area contributed by atoms with Crippen LogP contribution >= 0.6 is 0 Å². The smallest absolute Gasteiger partial charge is 0.534 e. The van der Waals surface area contributed by atoms with Gasteiger partial charge < -0.3 is 41.8 Å². The van der Waals surface area contributed by atoms with Gasteiger partial charge in [-0.05, 0) is 49.8 Å². The molecule has 34 heavy (non-hydrogen) atoms. The number of nitrogens with two attached hydrogens (primary N) is 2. The number of hydrogen-bond donors (Lipinski definition) is 6. The molecule has 0 radical (unpaired) electrons. The van der Waals surface area contributed by atoms with Gasteiger partial charge in [-0.3, -0.25) is 9.59 Å². The molecule has 1 aliphatic rings. The van der Waals surface area contributed by atoms with E-state index in [4.69, 9.17) is 16.1 Å². The molecular weight excluding hydrogens is 441 g/mol. The molecule has 3 rings (SSSR count). The summed E-state index contributed by atoms with van der Waals surface area (Å²) in [5.41, 5.74) is 13.1. The predicted molar refractivity (Wildman–Crippen MR) is 126 cm³/mol.